The molecule has 1 saturated heterocycles. The summed E-state index contributed by atoms with van der Waals surface area (Å²) in [4.78, 5) is 26.1. The van der Waals surface area contributed by atoms with Crippen LogP contribution < -0.4 is 9.64 Å². The molecule has 2 aromatic carbocycles. The van der Waals surface area contributed by atoms with Crippen molar-refractivity contribution < 1.29 is 9.53 Å². The number of ether oxygens (including phenoxy) is 1. The van der Waals surface area contributed by atoms with Crippen molar-refractivity contribution >= 4 is 33.5 Å². The van der Waals surface area contributed by atoms with Gasteiger partial charge in [0.15, 0.2) is 5.65 Å². The SMILES string of the molecule is COc1cc2ccccc2cc1C(=O)N1CCN(c2ncnc3c2cnn3C)CC1. The highest BCUT2D eigenvalue weighted by molar-refractivity contribution is 6.01. The van der Waals surface area contributed by atoms with Crippen LogP contribution in [0.2, 0.25) is 0 Å². The number of benzene rings is 2. The third kappa shape index (κ3) is 3.01. The molecule has 0 N–H and O–H groups in total. The molecule has 0 bridgehead atoms. The summed E-state index contributed by atoms with van der Waals surface area (Å²) < 4.78 is 7.26. The number of anilines is 1. The predicted molar refractivity (Wildman–Crippen MR) is 115 cm³/mol. The van der Waals surface area contributed by atoms with E-state index in [4.69, 9.17) is 4.74 Å². The minimum Gasteiger partial charge on any atom is -0.496 e. The van der Waals surface area contributed by atoms with Crippen LogP contribution >= 0.6 is 0 Å². The van der Waals surface area contributed by atoms with Gasteiger partial charge in [-0.15, -0.1) is 0 Å². The lowest BCUT2D eigenvalue weighted by Gasteiger charge is -2.35. The zero-order chi connectivity index (χ0) is 20.7. The number of hydrogen-bond donors (Lipinski definition) is 0. The lowest BCUT2D eigenvalue weighted by molar-refractivity contribution is 0.0743. The van der Waals surface area contributed by atoms with E-state index in [1.54, 1.807) is 24.3 Å². The third-order valence-corrected chi connectivity index (χ3v) is 5.67. The fraction of sp³-hybridized carbons (Fsp3) is 0.273. The molecule has 1 aliphatic heterocycles. The lowest BCUT2D eigenvalue weighted by atomic mass is 10.0. The molecule has 1 aliphatic rings. The predicted octanol–water partition coefficient (Wildman–Crippen LogP) is 2.49. The molecule has 0 spiro atoms. The van der Waals surface area contributed by atoms with E-state index >= 15 is 0 Å². The number of aromatic nitrogens is 4. The number of methoxy groups -OCH3 is 1. The van der Waals surface area contributed by atoms with Gasteiger partial charge in [0.05, 0.1) is 24.3 Å². The highest BCUT2D eigenvalue weighted by Crippen LogP contribution is 2.28. The van der Waals surface area contributed by atoms with Gasteiger partial charge in [0.2, 0.25) is 0 Å². The van der Waals surface area contributed by atoms with Gasteiger partial charge in [0, 0.05) is 33.2 Å². The zero-order valence-corrected chi connectivity index (χ0v) is 16.9. The van der Waals surface area contributed by atoms with E-state index in [9.17, 15) is 4.79 Å². The quantitative estimate of drug-likeness (QED) is 0.524. The first-order valence-electron chi connectivity index (χ1n) is 9.89. The van der Waals surface area contributed by atoms with Crippen molar-refractivity contribution in [2.45, 2.75) is 0 Å². The van der Waals surface area contributed by atoms with E-state index in [-0.39, 0.29) is 5.91 Å². The molecule has 8 heteroatoms. The molecule has 152 valence electrons. The number of carbonyl (C=O) groups is 1. The molecule has 1 fully saturated rings. The van der Waals surface area contributed by atoms with Gasteiger partial charge in [-0.1, -0.05) is 24.3 Å². The van der Waals surface area contributed by atoms with Gasteiger partial charge in [0.1, 0.15) is 17.9 Å². The van der Waals surface area contributed by atoms with Crippen LogP contribution in [0.15, 0.2) is 48.9 Å². The average molecular weight is 402 g/mol. The maximum atomic E-state index is 13.3. The second-order valence-electron chi connectivity index (χ2n) is 7.38. The molecular weight excluding hydrogens is 380 g/mol. The number of carbonyl (C=O) groups excluding carboxylic acids is 1. The Hall–Kier alpha value is -3.68. The van der Waals surface area contributed by atoms with Crippen LogP contribution in [-0.4, -0.2) is 63.8 Å². The summed E-state index contributed by atoms with van der Waals surface area (Å²) in [5.74, 6) is 1.46. The Morgan fingerprint density at radius 2 is 1.77 bits per heavy atom. The molecular formula is C22H22N6O2. The van der Waals surface area contributed by atoms with E-state index in [2.05, 4.69) is 20.0 Å². The van der Waals surface area contributed by atoms with Crippen molar-refractivity contribution in [1.82, 2.24) is 24.6 Å². The maximum absolute atomic E-state index is 13.3. The second kappa shape index (κ2) is 7.29. The van der Waals surface area contributed by atoms with E-state index in [0.717, 1.165) is 27.6 Å². The molecule has 0 radical (unpaired) electrons. The summed E-state index contributed by atoms with van der Waals surface area (Å²) in [7, 11) is 3.47. The summed E-state index contributed by atoms with van der Waals surface area (Å²) in [5, 5.41) is 7.30. The van der Waals surface area contributed by atoms with Gasteiger partial charge < -0.3 is 14.5 Å². The molecule has 4 aromatic rings. The van der Waals surface area contributed by atoms with Crippen molar-refractivity contribution in [3.63, 3.8) is 0 Å². The van der Waals surface area contributed by atoms with Crippen LogP contribution in [-0.2, 0) is 7.05 Å². The molecule has 0 aliphatic carbocycles. The molecule has 0 atom stereocenters. The second-order valence-corrected chi connectivity index (χ2v) is 7.38. The van der Waals surface area contributed by atoms with E-state index in [0.29, 0.717) is 37.5 Å². The number of aryl methyl sites for hydroxylation is 1. The standard InChI is InChI=1S/C22H22N6O2/c1-26-20-18(13-25-26)21(24-14-23-20)27-7-9-28(10-8-27)22(29)17-11-15-5-3-4-6-16(15)12-19(17)30-2/h3-6,11-14H,7-10H2,1-2H3. The smallest absolute Gasteiger partial charge is 0.257 e. The first-order chi connectivity index (χ1) is 14.7. The fourth-order valence-corrected chi connectivity index (χ4v) is 4.05. The first kappa shape index (κ1) is 18.4. The van der Waals surface area contributed by atoms with Crippen LogP contribution in [0.25, 0.3) is 21.8 Å². The zero-order valence-electron chi connectivity index (χ0n) is 16.9. The van der Waals surface area contributed by atoms with Crippen LogP contribution in [0, 0.1) is 0 Å². The van der Waals surface area contributed by atoms with E-state index < -0.39 is 0 Å². The largest absolute Gasteiger partial charge is 0.496 e. The molecule has 30 heavy (non-hydrogen) atoms. The molecule has 3 heterocycles. The van der Waals surface area contributed by atoms with Gasteiger partial charge in [-0.05, 0) is 22.9 Å². The average Bonchev–Trinajstić information content (AvgIpc) is 3.19. The number of fused-ring (bicyclic) bond motifs is 2. The number of piperazine rings is 1. The van der Waals surface area contributed by atoms with Crippen LogP contribution in [0.3, 0.4) is 0 Å². The Labute approximate surface area is 173 Å². The minimum atomic E-state index is -0.00790. The summed E-state index contributed by atoms with van der Waals surface area (Å²) >= 11 is 0. The fourth-order valence-electron chi connectivity index (χ4n) is 4.05. The van der Waals surface area contributed by atoms with Crippen molar-refractivity contribution in [1.29, 1.82) is 0 Å². The number of amides is 1. The molecule has 0 saturated carbocycles. The summed E-state index contributed by atoms with van der Waals surface area (Å²) in [6.07, 6.45) is 3.36. The first-order valence-corrected chi connectivity index (χ1v) is 9.89. The molecule has 2 aromatic heterocycles. The third-order valence-electron chi connectivity index (χ3n) is 5.67. The maximum Gasteiger partial charge on any atom is 0.257 e. The summed E-state index contributed by atoms with van der Waals surface area (Å²) in [5.41, 5.74) is 1.40. The highest BCUT2D eigenvalue weighted by atomic mass is 16.5. The number of hydrogen-bond acceptors (Lipinski definition) is 6. The van der Waals surface area contributed by atoms with Gasteiger partial charge in [-0.25, -0.2) is 9.97 Å². The van der Waals surface area contributed by atoms with Crippen molar-refractivity contribution in [3.05, 3.63) is 54.5 Å². The van der Waals surface area contributed by atoms with Crippen molar-refractivity contribution in [2.75, 3.05) is 38.2 Å². The Balaban J connectivity index is 1.38. The Morgan fingerprint density at radius 3 is 2.50 bits per heavy atom. The Morgan fingerprint density at radius 1 is 1.03 bits per heavy atom. The summed E-state index contributed by atoms with van der Waals surface area (Å²) in [6, 6.07) is 11.8. The van der Waals surface area contributed by atoms with E-state index in [1.165, 1.54) is 0 Å². The summed E-state index contributed by atoms with van der Waals surface area (Å²) in [6.45, 7) is 2.62. The Bertz CT molecular complexity index is 1240. The molecule has 0 unspecified atom stereocenters. The van der Waals surface area contributed by atoms with Crippen molar-refractivity contribution in [3.8, 4) is 5.75 Å². The van der Waals surface area contributed by atoms with Gasteiger partial charge in [-0.3, -0.25) is 9.48 Å². The molecule has 1 amide bonds. The van der Waals surface area contributed by atoms with Crippen molar-refractivity contribution in [2.24, 2.45) is 7.05 Å². The van der Waals surface area contributed by atoms with Gasteiger partial charge in [-0.2, -0.15) is 5.10 Å². The lowest BCUT2D eigenvalue weighted by Crippen LogP contribution is -2.49. The van der Waals surface area contributed by atoms with Crippen LogP contribution in [0.4, 0.5) is 5.82 Å². The number of rotatable bonds is 3. The van der Waals surface area contributed by atoms with E-state index in [1.807, 2.05) is 48.3 Å². The van der Waals surface area contributed by atoms with Gasteiger partial charge in [0.25, 0.3) is 5.91 Å². The molecule has 8 nitrogen and oxygen atoms in total. The Kier molecular flexibility index (Phi) is 4.46. The molecule has 5 rings (SSSR count). The van der Waals surface area contributed by atoms with Crippen LogP contribution in [0.1, 0.15) is 10.4 Å². The minimum absolute atomic E-state index is 0.00790. The monoisotopic (exact) mass is 402 g/mol. The van der Waals surface area contributed by atoms with Gasteiger partial charge >= 0.3 is 0 Å². The normalized spacial score (nSPS) is 14.5. The number of nitrogens with zero attached hydrogens (tertiary/aromatic N) is 6. The highest BCUT2D eigenvalue weighted by Gasteiger charge is 2.26. The topological polar surface area (TPSA) is 76.4 Å². The van der Waals surface area contributed by atoms with Crippen LogP contribution in [0.5, 0.6) is 5.75 Å².